The number of likely N-dealkylation sites (tertiary alicyclic amines) is 1. The van der Waals surface area contributed by atoms with Gasteiger partial charge in [0.2, 0.25) is 0 Å². The quantitative estimate of drug-likeness (QED) is 0.791. The van der Waals surface area contributed by atoms with E-state index in [0.29, 0.717) is 13.2 Å². The Bertz CT molecular complexity index is 450. The van der Waals surface area contributed by atoms with Crippen LogP contribution in [0.2, 0.25) is 0 Å². The second-order valence-electron chi connectivity index (χ2n) is 4.88. The Kier molecular flexibility index (Phi) is 5.38. The Morgan fingerprint density at radius 1 is 1.45 bits per heavy atom. The molecule has 1 unspecified atom stereocenters. The number of nitrogens with zero attached hydrogens (tertiary/aromatic N) is 1. The van der Waals surface area contributed by atoms with Gasteiger partial charge in [0.1, 0.15) is 18.4 Å². The van der Waals surface area contributed by atoms with Crippen LogP contribution in [0.5, 0.6) is 5.75 Å². The predicted molar refractivity (Wildman–Crippen MR) is 76.4 cm³/mol. The van der Waals surface area contributed by atoms with E-state index in [1.54, 1.807) is 0 Å². The highest BCUT2D eigenvalue weighted by Gasteiger charge is 2.31. The Balaban J connectivity index is 1.85. The summed E-state index contributed by atoms with van der Waals surface area (Å²) in [6, 6.07) is 7.64. The van der Waals surface area contributed by atoms with E-state index in [-0.39, 0.29) is 12.0 Å². The zero-order chi connectivity index (χ0) is 14.4. The molecule has 5 heteroatoms. The third-order valence-corrected chi connectivity index (χ3v) is 3.67. The fraction of sp³-hybridized carbons (Fsp3) is 0.533. The fourth-order valence-corrected chi connectivity index (χ4v) is 2.58. The van der Waals surface area contributed by atoms with Crippen molar-refractivity contribution in [3.63, 3.8) is 0 Å². The molecule has 1 heterocycles. The minimum absolute atomic E-state index is 0.117. The van der Waals surface area contributed by atoms with Crippen LogP contribution in [0.15, 0.2) is 24.3 Å². The molecule has 0 radical (unpaired) electrons. The molecule has 1 aliphatic rings. The SMILES string of the molecule is COC(=O)C1CCCN1CCOc1ccccc1CN. The molecule has 1 aromatic carbocycles. The first-order valence-electron chi connectivity index (χ1n) is 6.99. The van der Waals surface area contributed by atoms with Gasteiger partial charge in [-0.1, -0.05) is 18.2 Å². The molecule has 0 spiro atoms. The van der Waals surface area contributed by atoms with Crippen molar-refractivity contribution >= 4 is 5.97 Å². The van der Waals surface area contributed by atoms with E-state index in [4.69, 9.17) is 15.2 Å². The molecule has 0 saturated carbocycles. The van der Waals surface area contributed by atoms with E-state index in [1.807, 2.05) is 24.3 Å². The number of methoxy groups -OCH3 is 1. The maximum absolute atomic E-state index is 11.6. The predicted octanol–water partition coefficient (Wildman–Crippen LogP) is 1.16. The second kappa shape index (κ2) is 7.26. The summed E-state index contributed by atoms with van der Waals surface area (Å²) in [5.74, 6) is 0.675. The average Bonchev–Trinajstić information content (AvgIpc) is 2.95. The molecule has 0 bridgehead atoms. The number of esters is 1. The minimum Gasteiger partial charge on any atom is -0.492 e. The second-order valence-corrected chi connectivity index (χ2v) is 4.88. The number of ether oxygens (including phenoxy) is 2. The molecule has 0 aromatic heterocycles. The van der Waals surface area contributed by atoms with Crippen molar-refractivity contribution in [3.05, 3.63) is 29.8 Å². The monoisotopic (exact) mass is 278 g/mol. The van der Waals surface area contributed by atoms with Crippen LogP contribution in [-0.4, -0.2) is 43.7 Å². The molecule has 5 nitrogen and oxygen atoms in total. The number of carbonyl (C=O) groups is 1. The zero-order valence-electron chi connectivity index (χ0n) is 11.9. The summed E-state index contributed by atoms with van der Waals surface area (Å²) in [6.07, 6.45) is 1.89. The van der Waals surface area contributed by atoms with Gasteiger partial charge in [-0.2, -0.15) is 0 Å². The van der Waals surface area contributed by atoms with Crippen LogP contribution in [0, 0.1) is 0 Å². The lowest BCUT2D eigenvalue weighted by atomic mass is 10.2. The standard InChI is InChI=1S/C15H22N2O3/c1-19-15(18)13-6-4-8-17(13)9-10-20-14-7-3-2-5-12(14)11-16/h2-3,5,7,13H,4,6,8-11,16H2,1H3. The average molecular weight is 278 g/mol. The van der Waals surface area contributed by atoms with Gasteiger partial charge in [0.15, 0.2) is 0 Å². The van der Waals surface area contributed by atoms with Gasteiger partial charge in [-0.3, -0.25) is 9.69 Å². The molecule has 0 aliphatic carbocycles. The molecule has 1 fully saturated rings. The molecule has 2 N–H and O–H groups in total. The van der Waals surface area contributed by atoms with Gasteiger partial charge in [0.25, 0.3) is 0 Å². The van der Waals surface area contributed by atoms with Gasteiger partial charge in [0.05, 0.1) is 7.11 Å². The van der Waals surface area contributed by atoms with Gasteiger partial charge >= 0.3 is 5.97 Å². The van der Waals surface area contributed by atoms with Crippen molar-refractivity contribution in [3.8, 4) is 5.75 Å². The smallest absolute Gasteiger partial charge is 0.323 e. The van der Waals surface area contributed by atoms with Crippen LogP contribution in [0.3, 0.4) is 0 Å². The normalized spacial score (nSPS) is 19.0. The number of nitrogens with two attached hydrogens (primary N) is 1. The summed E-state index contributed by atoms with van der Waals surface area (Å²) in [5.41, 5.74) is 6.67. The lowest BCUT2D eigenvalue weighted by Gasteiger charge is -2.22. The van der Waals surface area contributed by atoms with Crippen LogP contribution in [0.25, 0.3) is 0 Å². The van der Waals surface area contributed by atoms with Crippen LogP contribution in [0.1, 0.15) is 18.4 Å². The van der Waals surface area contributed by atoms with Crippen molar-refractivity contribution in [2.75, 3.05) is 26.8 Å². The Labute approximate surface area is 119 Å². The third kappa shape index (κ3) is 3.49. The highest BCUT2D eigenvalue weighted by molar-refractivity contribution is 5.75. The molecule has 1 atom stereocenters. The summed E-state index contributed by atoms with van der Waals surface area (Å²) in [6.45, 7) is 2.65. The highest BCUT2D eigenvalue weighted by atomic mass is 16.5. The third-order valence-electron chi connectivity index (χ3n) is 3.67. The van der Waals surface area contributed by atoms with Crippen LogP contribution in [0.4, 0.5) is 0 Å². The lowest BCUT2D eigenvalue weighted by molar-refractivity contribution is -0.145. The number of hydrogen-bond donors (Lipinski definition) is 1. The summed E-state index contributed by atoms with van der Waals surface area (Å²) < 4.78 is 10.6. The molecule has 1 aromatic rings. The fourth-order valence-electron chi connectivity index (χ4n) is 2.58. The number of carbonyl (C=O) groups excluding carboxylic acids is 1. The van der Waals surface area contributed by atoms with Crippen molar-refractivity contribution in [2.24, 2.45) is 5.73 Å². The van der Waals surface area contributed by atoms with E-state index >= 15 is 0 Å². The molecular weight excluding hydrogens is 256 g/mol. The van der Waals surface area contributed by atoms with E-state index in [2.05, 4.69) is 4.90 Å². The van der Waals surface area contributed by atoms with Crippen molar-refractivity contribution in [1.29, 1.82) is 0 Å². The topological polar surface area (TPSA) is 64.8 Å². The molecule has 2 rings (SSSR count). The maximum atomic E-state index is 11.6. The van der Waals surface area contributed by atoms with Crippen LogP contribution in [-0.2, 0) is 16.1 Å². The Morgan fingerprint density at radius 3 is 3.00 bits per heavy atom. The first-order chi connectivity index (χ1) is 9.76. The van der Waals surface area contributed by atoms with Crippen LogP contribution >= 0.6 is 0 Å². The Hall–Kier alpha value is -1.59. The van der Waals surface area contributed by atoms with E-state index in [1.165, 1.54) is 7.11 Å². The van der Waals surface area contributed by atoms with Gasteiger partial charge in [-0.15, -0.1) is 0 Å². The van der Waals surface area contributed by atoms with Gasteiger partial charge in [-0.05, 0) is 25.5 Å². The van der Waals surface area contributed by atoms with Gasteiger partial charge in [0, 0.05) is 18.7 Å². The van der Waals surface area contributed by atoms with Gasteiger partial charge in [-0.25, -0.2) is 0 Å². The Morgan fingerprint density at radius 2 is 2.25 bits per heavy atom. The van der Waals surface area contributed by atoms with Crippen molar-refractivity contribution in [2.45, 2.75) is 25.4 Å². The first kappa shape index (κ1) is 14.8. The number of hydrogen-bond acceptors (Lipinski definition) is 5. The van der Waals surface area contributed by atoms with Crippen LogP contribution < -0.4 is 10.5 Å². The molecular formula is C15H22N2O3. The maximum Gasteiger partial charge on any atom is 0.323 e. The van der Waals surface area contributed by atoms with Gasteiger partial charge < -0.3 is 15.2 Å². The zero-order valence-corrected chi connectivity index (χ0v) is 11.9. The number of para-hydroxylation sites is 1. The minimum atomic E-state index is -0.148. The van der Waals surface area contributed by atoms with E-state index in [0.717, 1.165) is 37.2 Å². The molecule has 20 heavy (non-hydrogen) atoms. The first-order valence-corrected chi connectivity index (χ1v) is 6.99. The van der Waals surface area contributed by atoms with Crippen molar-refractivity contribution < 1.29 is 14.3 Å². The molecule has 0 amide bonds. The summed E-state index contributed by atoms with van der Waals surface area (Å²) in [5, 5.41) is 0. The molecule has 1 aliphatic heterocycles. The number of rotatable bonds is 6. The summed E-state index contributed by atoms with van der Waals surface area (Å²) in [4.78, 5) is 13.8. The summed E-state index contributed by atoms with van der Waals surface area (Å²) in [7, 11) is 1.44. The number of benzene rings is 1. The van der Waals surface area contributed by atoms with Crippen molar-refractivity contribution in [1.82, 2.24) is 4.90 Å². The lowest BCUT2D eigenvalue weighted by Crippen LogP contribution is -2.39. The largest absolute Gasteiger partial charge is 0.492 e. The van der Waals surface area contributed by atoms with E-state index in [9.17, 15) is 4.79 Å². The summed E-state index contributed by atoms with van der Waals surface area (Å²) >= 11 is 0. The highest BCUT2D eigenvalue weighted by Crippen LogP contribution is 2.19. The molecule has 110 valence electrons. The molecule has 1 saturated heterocycles. The van der Waals surface area contributed by atoms with E-state index < -0.39 is 0 Å².